The van der Waals surface area contributed by atoms with Gasteiger partial charge in [0.05, 0.1) is 0 Å². The molecule has 0 spiro atoms. The van der Waals surface area contributed by atoms with Gasteiger partial charge in [0, 0.05) is 49.2 Å². The molecule has 5 nitrogen and oxygen atoms in total. The monoisotopic (exact) mass is 691 g/mol. The first kappa shape index (κ1) is 30.3. The first-order valence-corrected chi connectivity index (χ1v) is 18.0. The number of hydrogen-bond acceptors (Lipinski definition) is 5. The predicted molar refractivity (Wildman–Crippen MR) is 219 cm³/mol. The second kappa shape index (κ2) is 12.1. The second-order valence-corrected chi connectivity index (χ2v) is 13.6. The van der Waals surface area contributed by atoms with Crippen molar-refractivity contribution in [2.75, 3.05) is 0 Å². The largest absolute Gasteiger partial charge is 0.455 e. The number of benzene rings is 8. The van der Waals surface area contributed by atoms with E-state index in [1.54, 1.807) is 0 Å². The Hall–Kier alpha value is -7.37. The predicted octanol–water partition coefficient (Wildman–Crippen LogP) is 13.2. The van der Waals surface area contributed by atoms with Gasteiger partial charge >= 0.3 is 0 Å². The number of fused-ring (bicyclic) bond motifs is 8. The quantitative estimate of drug-likeness (QED) is 0.180. The van der Waals surface area contributed by atoms with E-state index in [4.69, 9.17) is 23.8 Å². The molecule has 0 amide bonds. The highest BCUT2D eigenvalue weighted by Crippen LogP contribution is 2.43. The van der Waals surface area contributed by atoms with E-state index >= 15 is 0 Å². The van der Waals surface area contributed by atoms with Crippen LogP contribution in [-0.2, 0) is 0 Å². The number of nitrogens with zero attached hydrogens (tertiary/aromatic N) is 3. The third-order valence-corrected chi connectivity index (χ3v) is 10.4. The number of rotatable bonds is 5. The molecule has 3 aromatic heterocycles. The average molecular weight is 692 g/mol. The van der Waals surface area contributed by atoms with Gasteiger partial charge in [-0.2, -0.15) is 0 Å². The molecular weight excluding hydrogens is 663 g/mol. The highest BCUT2D eigenvalue weighted by atomic mass is 16.3. The third kappa shape index (κ3) is 4.90. The van der Waals surface area contributed by atoms with Crippen LogP contribution in [0.5, 0.6) is 0 Å². The standard InChI is InChI=1S/C49H29N3O2/c1-3-11-30(12-4-1)31-19-21-33(22-20-31)44-40(27-26-38-37-17-9-10-18-42(37)54-46(38)44)49-51-47(34-14-5-2-6-15-34)50-48(52-49)35-24-28-43-41(29-35)39-25-23-32-13-7-8-16-36(32)45(39)53-43/h1-29H. The van der Waals surface area contributed by atoms with Crippen molar-refractivity contribution in [3.63, 3.8) is 0 Å². The third-order valence-electron chi connectivity index (χ3n) is 10.4. The molecule has 0 saturated carbocycles. The molecule has 0 unspecified atom stereocenters. The van der Waals surface area contributed by atoms with Gasteiger partial charge in [0.2, 0.25) is 0 Å². The van der Waals surface area contributed by atoms with Crippen molar-refractivity contribution < 1.29 is 8.83 Å². The number of furan rings is 2. The van der Waals surface area contributed by atoms with E-state index in [0.29, 0.717) is 17.5 Å². The molecule has 5 heteroatoms. The summed E-state index contributed by atoms with van der Waals surface area (Å²) in [6, 6.07) is 60.4. The minimum atomic E-state index is 0.562. The lowest BCUT2D eigenvalue weighted by Gasteiger charge is -2.13. The van der Waals surface area contributed by atoms with Gasteiger partial charge in [0.25, 0.3) is 0 Å². The summed E-state index contributed by atoms with van der Waals surface area (Å²) in [5.74, 6) is 1.73. The summed E-state index contributed by atoms with van der Waals surface area (Å²) in [7, 11) is 0. The minimum Gasteiger partial charge on any atom is -0.455 e. The van der Waals surface area contributed by atoms with Crippen molar-refractivity contribution >= 4 is 54.6 Å². The molecule has 0 fully saturated rings. The van der Waals surface area contributed by atoms with Crippen LogP contribution in [0.2, 0.25) is 0 Å². The molecule has 0 aliphatic rings. The van der Waals surface area contributed by atoms with E-state index in [9.17, 15) is 0 Å². The topological polar surface area (TPSA) is 65.0 Å². The summed E-state index contributed by atoms with van der Waals surface area (Å²) in [6.07, 6.45) is 0. The lowest BCUT2D eigenvalue weighted by Crippen LogP contribution is -2.01. The maximum absolute atomic E-state index is 6.67. The van der Waals surface area contributed by atoms with Gasteiger partial charge in [-0.3, -0.25) is 0 Å². The summed E-state index contributed by atoms with van der Waals surface area (Å²) in [5.41, 5.74) is 10.2. The van der Waals surface area contributed by atoms with Crippen LogP contribution < -0.4 is 0 Å². The molecule has 0 bridgehead atoms. The van der Waals surface area contributed by atoms with Gasteiger partial charge in [-0.1, -0.05) is 133 Å². The highest BCUT2D eigenvalue weighted by Gasteiger charge is 2.22. The van der Waals surface area contributed by atoms with Gasteiger partial charge in [0.1, 0.15) is 22.3 Å². The van der Waals surface area contributed by atoms with Crippen molar-refractivity contribution in [3.8, 4) is 56.4 Å². The van der Waals surface area contributed by atoms with E-state index in [2.05, 4.69) is 103 Å². The molecule has 0 radical (unpaired) electrons. The van der Waals surface area contributed by atoms with Crippen molar-refractivity contribution in [1.82, 2.24) is 15.0 Å². The van der Waals surface area contributed by atoms with Crippen LogP contribution in [0.3, 0.4) is 0 Å². The Morgan fingerprint density at radius 1 is 0.315 bits per heavy atom. The molecule has 0 N–H and O–H groups in total. The molecule has 54 heavy (non-hydrogen) atoms. The maximum Gasteiger partial charge on any atom is 0.164 e. The summed E-state index contributed by atoms with van der Waals surface area (Å²) < 4.78 is 13.1. The van der Waals surface area contributed by atoms with Gasteiger partial charge in [-0.15, -0.1) is 0 Å². The molecule has 0 aliphatic heterocycles. The minimum absolute atomic E-state index is 0.562. The first-order valence-electron chi connectivity index (χ1n) is 18.0. The van der Waals surface area contributed by atoms with E-state index in [-0.39, 0.29) is 0 Å². The number of aromatic nitrogens is 3. The van der Waals surface area contributed by atoms with Crippen LogP contribution >= 0.6 is 0 Å². The Morgan fingerprint density at radius 3 is 1.69 bits per heavy atom. The molecule has 11 rings (SSSR count). The van der Waals surface area contributed by atoms with Gasteiger partial charge < -0.3 is 8.83 Å². The summed E-state index contributed by atoms with van der Waals surface area (Å²) >= 11 is 0. The first-order chi connectivity index (χ1) is 26.7. The SMILES string of the molecule is c1ccc(-c2ccc(-c3c(-c4nc(-c5ccccc5)nc(-c5ccc6oc7c8ccccc8ccc7c6c5)n4)ccc4c3oc3ccccc34)cc2)cc1. The summed E-state index contributed by atoms with van der Waals surface area (Å²) in [4.78, 5) is 15.5. The second-order valence-electron chi connectivity index (χ2n) is 13.6. The lowest BCUT2D eigenvalue weighted by atomic mass is 9.94. The summed E-state index contributed by atoms with van der Waals surface area (Å²) in [6.45, 7) is 0. The van der Waals surface area contributed by atoms with E-state index < -0.39 is 0 Å². The zero-order valence-electron chi connectivity index (χ0n) is 28.9. The molecule has 8 aromatic carbocycles. The number of para-hydroxylation sites is 1. The molecule has 0 aliphatic carbocycles. The zero-order chi connectivity index (χ0) is 35.6. The van der Waals surface area contributed by atoms with Crippen molar-refractivity contribution in [2.24, 2.45) is 0 Å². The Morgan fingerprint density at radius 2 is 0.870 bits per heavy atom. The molecule has 3 heterocycles. The lowest BCUT2D eigenvalue weighted by molar-refractivity contribution is 0.670. The Bertz CT molecular complexity index is 3200. The van der Waals surface area contributed by atoms with E-state index in [1.165, 1.54) is 0 Å². The Labute approximate surface area is 309 Å². The fourth-order valence-electron chi connectivity index (χ4n) is 7.71. The van der Waals surface area contributed by atoms with Crippen LogP contribution in [0, 0.1) is 0 Å². The van der Waals surface area contributed by atoms with Gasteiger partial charge in [0.15, 0.2) is 17.5 Å². The highest BCUT2D eigenvalue weighted by molar-refractivity contribution is 6.16. The summed E-state index contributed by atoms with van der Waals surface area (Å²) in [5, 5.41) is 6.41. The zero-order valence-corrected chi connectivity index (χ0v) is 28.9. The van der Waals surface area contributed by atoms with Crippen molar-refractivity contribution in [3.05, 3.63) is 176 Å². The van der Waals surface area contributed by atoms with E-state index in [1.807, 2.05) is 72.8 Å². The van der Waals surface area contributed by atoms with Crippen LogP contribution in [0.25, 0.3) is 111 Å². The smallest absolute Gasteiger partial charge is 0.164 e. The molecular formula is C49H29N3O2. The molecule has 0 atom stereocenters. The number of hydrogen-bond donors (Lipinski definition) is 0. The normalized spacial score (nSPS) is 11.7. The van der Waals surface area contributed by atoms with Crippen LogP contribution in [0.4, 0.5) is 0 Å². The molecule has 11 aromatic rings. The fraction of sp³-hybridized carbons (Fsp3) is 0. The van der Waals surface area contributed by atoms with Crippen molar-refractivity contribution in [1.29, 1.82) is 0 Å². The average Bonchev–Trinajstić information content (AvgIpc) is 3.82. The van der Waals surface area contributed by atoms with Crippen LogP contribution in [0.15, 0.2) is 185 Å². The van der Waals surface area contributed by atoms with Gasteiger partial charge in [-0.05, 0) is 64.5 Å². The van der Waals surface area contributed by atoms with Gasteiger partial charge in [-0.25, -0.2) is 15.0 Å². The molecule has 252 valence electrons. The van der Waals surface area contributed by atoms with Crippen molar-refractivity contribution in [2.45, 2.75) is 0 Å². The van der Waals surface area contributed by atoms with Crippen LogP contribution in [-0.4, -0.2) is 15.0 Å². The maximum atomic E-state index is 6.67. The Balaban J connectivity index is 1.14. The van der Waals surface area contributed by atoms with Crippen LogP contribution in [0.1, 0.15) is 0 Å². The Kier molecular flexibility index (Phi) is 6.79. The van der Waals surface area contributed by atoms with E-state index in [0.717, 1.165) is 93.6 Å². The fourth-order valence-corrected chi connectivity index (χ4v) is 7.71. The molecule has 0 saturated heterocycles.